The van der Waals surface area contributed by atoms with Gasteiger partial charge in [-0.3, -0.25) is 0 Å². The minimum absolute atomic E-state index is 0.335. The van der Waals surface area contributed by atoms with E-state index in [9.17, 15) is 0 Å². The molecule has 1 N–H and O–H groups in total. The first-order valence-corrected chi connectivity index (χ1v) is 6.25. The lowest BCUT2D eigenvalue weighted by Gasteiger charge is -2.10. The number of aryl methyl sites for hydroxylation is 1. The molecular weight excluding hydrogens is 214 g/mol. The van der Waals surface area contributed by atoms with Crippen molar-refractivity contribution in [3.05, 3.63) is 29.3 Å². The minimum atomic E-state index is 0.335. The highest BCUT2D eigenvalue weighted by atomic mass is 16.5. The molecule has 1 heterocycles. The maximum absolute atomic E-state index is 5.90. The fourth-order valence-electron chi connectivity index (χ4n) is 2.17. The first-order chi connectivity index (χ1) is 8.29. The van der Waals surface area contributed by atoms with Gasteiger partial charge in [0.25, 0.3) is 0 Å². The van der Waals surface area contributed by atoms with Crippen LogP contribution in [-0.2, 0) is 11.2 Å². The van der Waals surface area contributed by atoms with E-state index in [4.69, 9.17) is 9.47 Å². The van der Waals surface area contributed by atoms with Gasteiger partial charge in [-0.2, -0.15) is 0 Å². The van der Waals surface area contributed by atoms with E-state index in [0.717, 1.165) is 38.3 Å². The summed E-state index contributed by atoms with van der Waals surface area (Å²) >= 11 is 0. The minimum Gasteiger partial charge on any atom is -0.490 e. The average molecular weight is 235 g/mol. The molecule has 0 aromatic heterocycles. The Hall–Kier alpha value is -1.06. The average Bonchev–Trinajstić information content (AvgIpc) is 2.70. The van der Waals surface area contributed by atoms with E-state index in [1.807, 2.05) is 0 Å². The summed E-state index contributed by atoms with van der Waals surface area (Å²) in [6.45, 7) is 4.79. The molecule has 1 aliphatic rings. The number of nitrogens with one attached hydrogen (secondary N) is 1. The van der Waals surface area contributed by atoms with E-state index in [1.165, 1.54) is 11.1 Å². The third-order valence-corrected chi connectivity index (χ3v) is 3.08. The summed E-state index contributed by atoms with van der Waals surface area (Å²) in [5.41, 5.74) is 2.66. The van der Waals surface area contributed by atoms with E-state index >= 15 is 0 Å². The predicted octanol–water partition coefficient (Wildman–Crippen LogP) is 1.92. The Morgan fingerprint density at radius 2 is 2.29 bits per heavy atom. The van der Waals surface area contributed by atoms with Gasteiger partial charge in [0, 0.05) is 20.1 Å². The number of hydrogen-bond donors (Lipinski definition) is 1. The van der Waals surface area contributed by atoms with E-state index in [-0.39, 0.29) is 0 Å². The third kappa shape index (κ3) is 3.45. The van der Waals surface area contributed by atoms with Gasteiger partial charge < -0.3 is 14.8 Å². The Bertz CT molecular complexity index is 365. The van der Waals surface area contributed by atoms with E-state index in [2.05, 4.69) is 30.4 Å². The zero-order valence-electron chi connectivity index (χ0n) is 10.7. The molecule has 0 radical (unpaired) electrons. The molecule has 0 fully saturated rings. The maximum atomic E-state index is 5.90. The molecule has 1 aliphatic heterocycles. The lowest BCUT2D eigenvalue weighted by Crippen LogP contribution is -2.25. The molecule has 0 saturated heterocycles. The number of ether oxygens (including phenoxy) is 2. The SMILES string of the molecule is COCCNCCC1Cc2cc(C)ccc2O1. The molecule has 2 rings (SSSR count). The molecule has 0 saturated carbocycles. The fraction of sp³-hybridized carbons (Fsp3) is 0.571. The molecule has 0 spiro atoms. The Morgan fingerprint density at radius 1 is 1.41 bits per heavy atom. The van der Waals surface area contributed by atoms with Gasteiger partial charge in [-0.05, 0) is 31.5 Å². The summed E-state index contributed by atoms with van der Waals surface area (Å²) in [4.78, 5) is 0. The van der Waals surface area contributed by atoms with Crippen LogP contribution in [-0.4, -0.2) is 32.9 Å². The first kappa shape index (κ1) is 12.4. The summed E-state index contributed by atoms with van der Waals surface area (Å²) in [6, 6.07) is 6.43. The van der Waals surface area contributed by atoms with Crippen LogP contribution < -0.4 is 10.1 Å². The van der Waals surface area contributed by atoms with Crippen molar-refractivity contribution in [2.45, 2.75) is 25.9 Å². The molecule has 0 aliphatic carbocycles. The van der Waals surface area contributed by atoms with Crippen molar-refractivity contribution in [2.75, 3.05) is 26.8 Å². The molecule has 17 heavy (non-hydrogen) atoms. The second kappa shape index (κ2) is 6.03. The van der Waals surface area contributed by atoms with Crippen molar-refractivity contribution < 1.29 is 9.47 Å². The quantitative estimate of drug-likeness (QED) is 0.764. The standard InChI is InChI=1S/C14H21NO2/c1-11-3-4-14-12(9-11)10-13(17-14)5-6-15-7-8-16-2/h3-4,9,13,15H,5-8,10H2,1-2H3. The number of methoxy groups -OCH3 is 1. The fourth-order valence-corrected chi connectivity index (χ4v) is 2.17. The van der Waals surface area contributed by atoms with Crippen LogP contribution in [0.4, 0.5) is 0 Å². The van der Waals surface area contributed by atoms with Crippen LogP contribution in [0.25, 0.3) is 0 Å². The smallest absolute Gasteiger partial charge is 0.123 e. The third-order valence-electron chi connectivity index (χ3n) is 3.08. The number of fused-ring (bicyclic) bond motifs is 1. The van der Waals surface area contributed by atoms with Gasteiger partial charge in [0.2, 0.25) is 0 Å². The monoisotopic (exact) mass is 235 g/mol. The molecular formula is C14H21NO2. The molecule has 0 bridgehead atoms. The Labute approximate surface area is 103 Å². The van der Waals surface area contributed by atoms with Gasteiger partial charge in [0.15, 0.2) is 0 Å². The molecule has 0 amide bonds. The van der Waals surface area contributed by atoms with E-state index in [1.54, 1.807) is 7.11 Å². The highest BCUT2D eigenvalue weighted by Crippen LogP contribution is 2.30. The first-order valence-electron chi connectivity index (χ1n) is 6.25. The van der Waals surface area contributed by atoms with Crippen molar-refractivity contribution >= 4 is 0 Å². The van der Waals surface area contributed by atoms with Gasteiger partial charge >= 0.3 is 0 Å². The Kier molecular flexibility index (Phi) is 4.40. The van der Waals surface area contributed by atoms with Crippen LogP contribution in [0.2, 0.25) is 0 Å². The van der Waals surface area contributed by atoms with Crippen LogP contribution in [0.3, 0.4) is 0 Å². The molecule has 1 unspecified atom stereocenters. The molecule has 3 nitrogen and oxygen atoms in total. The zero-order valence-corrected chi connectivity index (χ0v) is 10.7. The van der Waals surface area contributed by atoms with Gasteiger partial charge in [-0.15, -0.1) is 0 Å². The zero-order chi connectivity index (χ0) is 12.1. The van der Waals surface area contributed by atoms with Gasteiger partial charge in [-0.1, -0.05) is 17.7 Å². The van der Waals surface area contributed by atoms with Crippen molar-refractivity contribution in [1.82, 2.24) is 5.32 Å². The summed E-state index contributed by atoms with van der Waals surface area (Å²) in [6.07, 6.45) is 2.43. The summed E-state index contributed by atoms with van der Waals surface area (Å²) in [5.74, 6) is 1.07. The normalized spacial score (nSPS) is 17.9. The summed E-state index contributed by atoms with van der Waals surface area (Å²) in [7, 11) is 1.72. The maximum Gasteiger partial charge on any atom is 0.123 e. The van der Waals surface area contributed by atoms with Crippen molar-refractivity contribution in [1.29, 1.82) is 0 Å². The van der Waals surface area contributed by atoms with Crippen molar-refractivity contribution in [2.24, 2.45) is 0 Å². The van der Waals surface area contributed by atoms with Crippen molar-refractivity contribution in [3.63, 3.8) is 0 Å². The Morgan fingerprint density at radius 3 is 3.12 bits per heavy atom. The van der Waals surface area contributed by atoms with Gasteiger partial charge in [0.1, 0.15) is 11.9 Å². The van der Waals surface area contributed by atoms with E-state index in [0.29, 0.717) is 6.10 Å². The van der Waals surface area contributed by atoms with Crippen LogP contribution in [0, 0.1) is 6.92 Å². The number of benzene rings is 1. The van der Waals surface area contributed by atoms with Crippen molar-refractivity contribution in [3.8, 4) is 5.75 Å². The van der Waals surface area contributed by atoms with Crippen LogP contribution in [0.1, 0.15) is 17.5 Å². The van der Waals surface area contributed by atoms with Crippen LogP contribution in [0.15, 0.2) is 18.2 Å². The highest BCUT2D eigenvalue weighted by molar-refractivity contribution is 5.40. The number of rotatable bonds is 6. The number of hydrogen-bond acceptors (Lipinski definition) is 3. The van der Waals surface area contributed by atoms with Crippen LogP contribution in [0.5, 0.6) is 5.75 Å². The molecule has 3 heteroatoms. The molecule has 1 aromatic rings. The second-order valence-electron chi connectivity index (χ2n) is 4.59. The lowest BCUT2D eigenvalue weighted by atomic mass is 10.1. The lowest BCUT2D eigenvalue weighted by molar-refractivity contribution is 0.192. The highest BCUT2D eigenvalue weighted by Gasteiger charge is 2.21. The van der Waals surface area contributed by atoms with Crippen LogP contribution >= 0.6 is 0 Å². The second-order valence-corrected chi connectivity index (χ2v) is 4.59. The largest absolute Gasteiger partial charge is 0.490 e. The topological polar surface area (TPSA) is 30.5 Å². The Balaban J connectivity index is 1.73. The summed E-state index contributed by atoms with van der Waals surface area (Å²) in [5, 5.41) is 3.35. The molecule has 94 valence electrons. The molecule has 1 aromatic carbocycles. The summed E-state index contributed by atoms with van der Waals surface area (Å²) < 4.78 is 10.9. The van der Waals surface area contributed by atoms with Gasteiger partial charge in [0.05, 0.1) is 6.61 Å². The van der Waals surface area contributed by atoms with E-state index < -0.39 is 0 Å². The molecule has 1 atom stereocenters. The van der Waals surface area contributed by atoms with Gasteiger partial charge in [-0.25, -0.2) is 0 Å². The predicted molar refractivity (Wildman–Crippen MR) is 68.7 cm³/mol.